The lowest BCUT2D eigenvalue weighted by Crippen LogP contribution is -2.41. The van der Waals surface area contributed by atoms with Crippen molar-refractivity contribution in [2.75, 3.05) is 38.2 Å². The fourth-order valence-corrected chi connectivity index (χ4v) is 2.35. The molecule has 2 amide bonds. The molecule has 0 aromatic heterocycles. The van der Waals surface area contributed by atoms with Crippen LogP contribution < -0.4 is 5.32 Å². The van der Waals surface area contributed by atoms with Crippen molar-refractivity contribution in [3.63, 3.8) is 0 Å². The van der Waals surface area contributed by atoms with Crippen molar-refractivity contribution in [3.8, 4) is 0 Å². The second-order valence-electron chi connectivity index (χ2n) is 5.53. The number of carbonyl (C=O) groups excluding carboxylic acids is 2. The van der Waals surface area contributed by atoms with E-state index in [1.165, 1.54) is 0 Å². The molecular formula is C18H24N2O4. The first-order chi connectivity index (χ1) is 11.6. The molecule has 0 aliphatic carbocycles. The van der Waals surface area contributed by atoms with Crippen molar-refractivity contribution in [2.45, 2.75) is 19.4 Å². The molecule has 1 aromatic carbocycles. The lowest BCUT2D eigenvalue weighted by molar-refractivity contribution is -0.126. The van der Waals surface area contributed by atoms with Crippen LogP contribution in [0.4, 0.5) is 5.69 Å². The Morgan fingerprint density at radius 2 is 2.08 bits per heavy atom. The smallest absolute Gasteiger partial charge is 0.256 e. The van der Waals surface area contributed by atoms with Crippen molar-refractivity contribution >= 4 is 17.5 Å². The molecule has 1 saturated heterocycles. The number of hydrogen-bond donors (Lipinski definition) is 1. The summed E-state index contributed by atoms with van der Waals surface area (Å²) in [5.41, 5.74) is 0.976. The number of amides is 2. The molecule has 0 bridgehead atoms. The third kappa shape index (κ3) is 4.91. The van der Waals surface area contributed by atoms with E-state index in [0.29, 0.717) is 50.6 Å². The molecule has 2 rings (SSSR count). The summed E-state index contributed by atoms with van der Waals surface area (Å²) in [6.45, 7) is 7.92. The fraction of sp³-hybridized carbons (Fsp3) is 0.444. The van der Waals surface area contributed by atoms with Gasteiger partial charge in [-0.3, -0.25) is 9.59 Å². The monoisotopic (exact) mass is 332 g/mol. The summed E-state index contributed by atoms with van der Waals surface area (Å²) < 4.78 is 10.7. The Morgan fingerprint density at radius 1 is 1.38 bits per heavy atom. The summed E-state index contributed by atoms with van der Waals surface area (Å²) in [6.07, 6.45) is 1.82. The maximum absolute atomic E-state index is 12.7. The Hall–Kier alpha value is -2.18. The molecule has 1 fully saturated rings. The zero-order valence-corrected chi connectivity index (χ0v) is 14.0. The van der Waals surface area contributed by atoms with Crippen LogP contribution in [0.25, 0.3) is 0 Å². The Labute approximate surface area is 142 Å². The number of morpholine rings is 1. The first kappa shape index (κ1) is 18.2. The second kappa shape index (κ2) is 9.20. The maximum Gasteiger partial charge on any atom is 0.256 e. The van der Waals surface area contributed by atoms with Crippen molar-refractivity contribution in [3.05, 3.63) is 42.5 Å². The highest BCUT2D eigenvalue weighted by atomic mass is 16.5. The molecule has 0 spiro atoms. The van der Waals surface area contributed by atoms with Gasteiger partial charge in [0.25, 0.3) is 11.8 Å². The number of para-hydroxylation sites is 1. The minimum Gasteiger partial charge on any atom is -0.378 e. The van der Waals surface area contributed by atoms with Gasteiger partial charge in [-0.1, -0.05) is 18.2 Å². The minimum atomic E-state index is -0.600. The normalized spacial score (nSPS) is 15.6. The molecule has 0 radical (unpaired) electrons. The molecule has 0 saturated carbocycles. The van der Waals surface area contributed by atoms with Gasteiger partial charge in [-0.25, -0.2) is 0 Å². The third-order valence-corrected chi connectivity index (χ3v) is 3.77. The molecule has 24 heavy (non-hydrogen) atoms. The Bertz CT molecular complexity index is 582. The minimum absolute atomic E-state index is 0.102. The molecule has 1 N–H and O–H groups in total. The van der Waals surface area contributed by atoms with Gasteiger partial charge >= 0.3 is 0 Å². The number of benzene rings is 1. The van der Waals surface area contributed by atoms with E-state index in [-0.39, 0.29) is 11.8 Å². The van der Waals surface area contributed by atoms with Gasteiger partial charge in [0.05, 0.1) is 31.1 Å². The Balaban J connectivity index is 2.03. The van der Waals surface area contributed by atoms with Crippen LogP contribution in [0.2, 0.25) is 0 Å². The Morgan fingerprint density at radius 3 is 2.79 bits per heavy atom. The molecule has 1 aliphatic heterocycles. The summed E-state index contributed by atoms with van der Waals surface area (Å²) >= 11 is 0. The van der Waals surface area contributed by atoms with Crippen LogP contribution in [0.1, 0.15) is 23.7 Å². The molecule has 130 valence electrons. The highest BCUT2D eigenvalue weighted by molar-refractivity contribution is 6.04. The number of anilines is 1. The zero-order valence-electron chi connectivity index (χ0n) is 14.0. The molecule has 1 aromatic rings. The largest absolute Gasteiger partial charge is 0.378 e. The lowest BCUT2D eigenvalue weighted by Gasteiger charge is -2.27. The van der Waals surface area contributed by atoms with Crippen LogP contribution in [0, 0.1) is 0 Å². The molecule has 6 heteroatoms. The number of hydrogen-bond acceptors (Lipinski definition) is 4. The highest BCUT2D eigenvalue weighted by Gasteiger charge is 2.22. The van der Waals surface area contributed by atoms with Gasteiger partial charge in [0.15, 0.2) is 0 Å². The van der Waals surface area contributed by atoms with Gasteiger partial charge in [-0.15, -0.1) is 6.58 Å². The summed E-state index contributed by atoms with van der Waals surface area (Å²) in [4.78, 5) is 26.6. The van der Waals surface area contributed by atoms with E-state index < -0.39 is 6.10 Å². The van der Waals surface area contributed by atoms with Gasteiger partial charge in [0.1, 0.15) is 6.10 Å². The van der Waals surface area contributed by atoms with E-state index in [1.807, 2.05) is 0 Å². The summed E-state index contributed by atoms with van der Waals surface area (Å²) in [7, 11) is 0. The topological polar surface area (TPSA) is 67.9 Å². The fourth-order valence-electron chi connectivity index (χ4n) is 2.35. The standard InChI is InChI=1S/C18H24N2O4/c1-3-4-11-24-14(2)17(21)19-16-8-6-5-7-15(16)18(22)20-9-12-23-13-10-20/h3,5-8,14H,1,4,9-13H2,2H3,(H,19,21). The van der Waals surface area contributed by atoms with E-state index in [0.717, 1.165) is 0 Å². The van der Waals surface area contributed by atoms with E-state index in [2.05, 4.69) is 11.9 Å². The zero-order chi connectivity index (χ0) is 17.4. The molecule has 6 nitrogen and oxygen atoms in total. The van der Waals surface area contributed by atoms with Gasteiger partial charge in [-0.05, 0) is 25.5 Å². The van der Waals surface area contributed by atoms with Gasteiger partial charge in [-0.2, -0.15) is 0 Å². The van der Waals surface area contributed by atoms with Crippen molar-refractivity contribution < 1.29 is 19.1 Å². The number of nitrogens with zero attached hydrogens (tertiary/aromatic N) is 1. The van der Waals surface area contributed by atoms with E-state index in [9.17, 15) is 9.59 Å². The average molecular weight is 332 g/mol. The molecular weight excluding hydrogens is 308 g/mol. The number of rotatable bonds is 7. The SMILES string of the molecule is C=CCCOC(C)C(=O)Nc1ccccc1C(=O)N1CCOCC1. The van der Waals surface area contributed by atoms with Crippen molar-refractivity contribution in [2.24, 2.45) is 0 Å². The van der Waals surface area contributed by atoms with Crippen molar-refractivity contribution in [1.82, 2.24) is 4.90 Å². The summed E-state index contributed by atoms with van der Waals surface area (Å²) in [5.74, 6) is -0.379. The van der Waals surface area contributed by atoms with Gasteiger partial charge < -0.3 is 19.7 Å². The Kier molecular flexibility index (Phi) is 6.96. The van der Waals surface area contributed by atoms with Crippen LogP contribution in [0.15, 0.2) is 36.9 Å². The first-order valence-electron chi connectivity index (χ1n) is 8.13. The van der Waals surface area contributed by atoms with Gasteiger partial charge in [0.2, 0.25) is 0 Å². The number of nitrogens with one attached hydrogen (secondary N) is 1. The quantitative estimate of drug-likeness (QED) is 0.613. The highest BCUT2D eigenvalue weighted by Crippen LogP contribution is 2.18. The van der Waals surface area contributed by atoms with Crippen LogP contribution in [0.3, 0.4) is 0 Å². The molecule has 1 atom stereocenters. The van der Waals surface area contributed by atoms with E-state index in [4.69, 9.17) is 9.47 Å². The molecule has 1 unspecified atom stereocenters. The number of carbonyl (C=O) groups is 2. The first-order valence-corrected chi connectivity index (χ1v) is 8.13. The van der Waals surface area contributed by atoms with Crippen LogP contribution >= 0.6 is 0 Å². The number of ether oxygens (including phenoxy) is 2. The average Bonchev–Trinajstić information content (AvgIpc) is 2.62. The summed E-state index contributed by atoms with van der Waals surface area (Å²) in [6, 6.07) is 7.01. The predicted molar refractivity (Wildman–Crippen MR) is 92.0 cm³/mol. The van der Waals surface area contributed by atoms with E-state index in [1.54, 1.807) is 42.2 Å². The third-order valence-electron chi connectivity index (χ3n) is 3.77. The van der Waals surface area contributed by atoms with E-state index >= 15 is 0 Å². The molecule has 1 heterocycles. The van der Waals surface area contributed by atoms with Crippen molar-refractivity contribution in [1.29, 1.82) is 0 Å². The lowest BCUT2D eigenvalue weighted by atomic mass is 10.1. The molecule has 1 aliphatic rings. The van der Waals surface area contributed by atoms with Crippen LogP contribution in [-0.4, -0.2) is 55.7 Å². The maximum atomic E-state index is 12.7. The predicted octanol–water partition coefficient (Wildman–Crippen LogP) is 2.08. The summed E-state index contributed by atoms with van der Waals surface area (Å²) in [5, 5.41) is 2.79. The van der Waals surface area contributed by atoms with Crippen LogP contribution in [-0.2, 0) is 14.3 Å². The second-order valence-corrected chi connectivity index (χ2v) is 5.53. The van der Waals surface area contributed by atoms with Gasteiger partial charge in [0, 0.05) is 13.1 Å². The van der Waals surface area contributed by atoms with Crippen LogP contribution in [0.5, 0.6) is 0 Å².